The standard InChI is InChI=1S/C56H42N8O14.CH4/c1-5-29-9-13-37-41(17-29)51(73)61(47(37)69)25-33(65)21-57-45-46(59(55(57)77)23-35(67)27-63-49(71)39-15-11-31(7-3)19-43(39)53(63)75)60(24-36(68)28-64-50(72)40-16-12-32(8-4)20-44(40)54(64)76)56(78)58(45)22-34(66)26-62-48(70)38-14-10-30(6-2)18-42(38)52(62)74;/h1-4,9-20,33-36,45-46,65-68H,21-28H2;1H4. The Morgan fingerprint density at radius 2 is 0.519 bits per heavy atom. The molecule has 2 fully saturated rings. The van der Waals surface area contributed by atoms with E-state index in [1.54, 1.807) is 0 Å². The molecule has 10 rings (SSSR count). The number of β-amino-alcohol motifs (C(OH)–C–C–N with tert-alkyl or cyclic N) is 4. The summed E-state index contributed by atoms with van der Waals surface area (Å²) in [7, 11) is 0. The highest BCUT2D eigenvalue weighted by Crippen LogP contribution is 2.38. The van der Waals surface area contributed by atoms with Gasteiger partial charge in [0.1, 0.15) is 12.3 Å². The molecule has 12 amide bonds. The number of benzene rings is 4. The van der Waals surface area contributed by atoms with Crippen molar-refractivity contribution in [3.63, 3.8) is 0 Å². The second-order valence-corrected chi connectivity index (χ2v) is 19.1. The lowest BCUT2D eigenvalue weighted by Gasteiger charge is -2.33. The summed E-state index contributed by atoms with van der Waals surface area (Å²) < 4.78 is 0. The minimum absolute atomic E-state index is 0. The molecule has 6 aliphatic heterocycles. The maximum atomic E-state index is 15.1. The maximum Gasteiger partial charge on any atom is 0.323 e. The van der Waals surface area contributed by atoms with Crippen molar-refractivity contribution in [3.8, 4) is 49.4 Å². The van der Waals surface area contributed by atoms with E-state index >= 15 is 9.59 Å². The van der Waals surface area contributed by atoms with Crippen molar-refractivity contribution in [2.75, 3.05) is 52.4 Å². The summed E-state index contributed by atoms with van der Waals surface area (Å²) in [5.74, 6) is 3.08. The fourth-order valence-electron chi connectivity index (χ4n) is 10.7. The number of rotatable bonds is 16. The fourth-order valence-corrected chi connectivity index (χ4v) is 10.7. The van der Waals surface area contributed by atoms with Gasteiger partial charge in [-0.25, -0.2) is 9.59 Å². The van der Waals surface area contributed by atoms with Gasteiger partial charge in [-0.3, -0.25) is 77.6 Å². The van der Waals surface area contributed by atoms with Crippen LogP contribution in [0.4, 0.5) is 9.59 Å². The molecule has 4 aromatic rings. The third-order valence-corrected chi connectivity index (χ3v) is 14.3. The summed E-state index contributed by atoms with van der Waals surface area (Å²) >= 11 is 0. The van der Waals surface area contributed by atoms with Crippen LogP contribution in [0.15, 0.2) is 72.8 Å². The van der Waals surface area contributed by atoms with Crippen LogP contribution >= 0.6 is 0 Å². The van der Waals surface area contributed by atoms with Gasteiger partial charge in [-0.05, 0) is 72.8 Å². The van der Waals surface area contributed by atoms with Crippen LogP contribution in [0.5, 0.6) is 0 Å². The number of urea groups is 2. The molecule has 6 heterocycles. The highest BCUT2D eigenvalue weighted by molar-refractivity contribution is 6.23. The number of carbonyl (C=O) groups excluding carboxylic acids is 10. The van der Waals surface area contributed by atoms with Gasteiger partial charge in [0.25, 0.3) is 47.3 Å². The lowest BCUT2D eigenvalue weighted by molar-refractivity contribution is 0.0238. The van der Waals surface area contributed by atoms with Gasteiger partial charge in [0.15, 0.2) is 0 Å². The topological polar surface area (TPSA) is 278 Å². The zero-order valence-electron chi connectivity index (χ0n) is 40.8. The summed E-state index contributed by atoms with van der Waals surface area (Å²) in [6.07, 6.45) is 11.7. The molecule has 4 aromatic carbocycles. The fraction of sp³-hybridized carbons (Fsp3) is 0.263. The lowest BCUT2D eigenvalue weighted by atomic mass is 10.1. The van der Waals surface area contributed by atoms with Gasteiger partial charge in [-0.1, -0.05) is 31.1 Å². The first-order valence-electron chi connectivity index (χ1n) is 24.0. The molecule has 79 heavy (non-hydrogen) atoms. The van der Waals surface area contributed by atoms with E-state index in [1.807, 2.05) is 0 Å². The number of hydrogen-bond donors (Lipinski definition) is 4. The lowest BCUT2D eigenvalue weighted by Crippen LogP contribution is -2.54. The van der Waals surface area contributed by atoms with Crippen LogP contribution in [-0.4, -0.2) is 208 Å². The van der Waals surface area contributed by atoms with Gasteiger partial charge in [0.2, 0.25) is 0 Å². The molecule has 0 radical (unpaired) electrons. The zero-order chi connectivity index (χ0) is 55.8. The summed E-state index contributed by atoms with van der Waals surface area (Å²) in [6, 6.07) is 14.4. The highest BCUT2D eigenvalue weighted by Gasteiger charge is 2.60. The van der Waals surface area contributed by atoms with E-state index in [1.165, 1.54) is 72.8 Å². The first-order valence-corrected chi connectivity index (χ1v) is 24.0. The highest BCUT2D eigenvalue weighted by atomic mass is 16.3. The van der Waals surface area contributed by atoms with Crippen molar-refractivity contribution in [1.29, 1.82) is 0 Å². The van der Waals surface area contributed by atoms with Crippen molar-refractivity contribution in [3.05, 3.63) is 140 Å². The van der Waals surface area contributed by atoms with Gasteiger partial charge in [0.05, 0.1) is 121 Å². The number of hydrogen-bond acceptors (Lipinski definition) is 14. The Balaban J connectivity index is 0.00000757. The summed E-state index contributed by atoms with van der Waals surface area (Å²) in [6.45, 7) is -5.95. The minimum Gasteiger partial charge on any atom is -0.389 e. The van der Waals surface area contributed by atoms with Crippen LogP contribution in [0.25, 0.3) is 0 Å². The number of nitrogens with zero attached hydrogens (tertiary/aromatic N) is 8. The van der Waals surface area contributed by atoms with E-state index in [-0.39, 0.29) is 51.9 Å². The van der Waals surface area contributed by atoms with Gasteiger partial charge in [-0.15, -0.1) is 25.7 Å². The number of amides is 12. The van der Waals surface area contributed by atoms with E-state index in [9.17, 15) is 58.8 Å². The largest absolute Gasteiger partial charge is 0.389 e. The molecule has 0 bridgehead atoms. The quantitative estimate of drug-likeness (QED) is 0.0869. The Kier molecular flexibility index (Phi) is 14.0. The number of terminal acetylenes is 4. The average Bonchev–Trinajstić information content (AvgIpc) is 4.37. The molecule has 4 atom stereocenters. The molecule has 0 saturated carbocycles. The molecule has 4 N–H and O–H groups in total. The van der Waals surface area contributed by atoms with Gasteiger partial charge < -0.3 is 20.4 Å². The molecular weight excluding hydrogens is 1020 g/mol. The molecule has 6 aliphatic rings. The smallest absolute Gasteiger partial charge is 0.323 e. The Morgan fingerprint density at radius 3 is 0.709 bits per heavy atom. The van der Waals surface area contributed by atoms with Crippen LogP contribution < -0.4 is 0 Å². The first kappa shape index (κ1) is 53.9. The predicted molar refractivity (Wildman–Crippen MR) is 275 cm³/mol. The molecule has 4 unspecified atom stereocenters. The van der Waals surface area contributed by atoms with Gasteiger partial charge in [0, 0.05) is 22.3 Å². The van der Waals surface area contributed by atoms with Crippen LogP contribution in [-0.2, 0) is 0 Å². The van der Waals surface area contributed by atoms with E-state index < -0.39 is 148 Å². The van der Waals surface area contributed by atoms with Crippen molar-refractivity contribution in [2.24, 2.45) is 0 Å². The normalized spacial score (nSPS) is 19.5. The Bertz CT molecular complexity index is 3140. The van der Waals surface area contributed by atoms with E-state index in [2.05, 4.69) is 23.7 Å². The molecular formula is C57H46N8O14. The number of aliphatic hydroxyl groups is 4. The summed E-state index contributed by atoms with van der Waals surface area (Å²) in [5.41, 5.74) is 0.949. The second-order valence-electron chi connectivity index (χ2n) is 19.1. The number of imide groups is 4. The summed E-state index contributed by atoms with van der Waals surface area (Å²) in [5, 5.41) is 47.1. The van der Waals surface area contributed by atoms with E-state index in [4.69, 9.17) is 25.7 Å². The predicted octanol–water partition coefficient (Wildman–Crippen LogP) is 0.304. The van der Waals surface area contributed by atoms with Gasteiger partial charge in [-0.2, -0.15) is 0 Å². The molecule has 0 aromatic heterocycles. The van der Waals surface area contributed by atoms with Crippen molar-refractivity contribution in [2.45, 2.75) is 44.2 Å². The third-order valence-electron chi connectivity index (χ3n) is 14.3. The molecule has 398 valence electrons. The SMILES string of the molecule is C.C#Cc1ccc2c(c1)C(=O)N(CC(O)CN1C(=O)N(CC(O)CN3C(=O)c4ccc(C#C)cc4C3=O)C3C1N(CC(O)CN1C(=O)c4ccc(C#C)cc4C1=O)C(=O)N3CC(O)CN1C(=O)c3ccc(C#C)cc3C1=O)C2=O. The van der Waals surface area contributed by atoms with Crippen molar-refractivity contribution >= 4 is 59.3 Å². The van der Waals surface area contributed by atoms with E-state index in [0.717, 1.165) is 39.2 Å². The third kappa shape index (κ3) is 8.96. The zero-order valence-corrected chi connectivity index (χ0v) is 40.8. The van der Waals surface area contributed by atoms with Crippen molar-refractivity contribution in [1.82, 2.24) is 39.2 Å². The van der Waals surface area contributed by atoms with Crippen LogP contribution in [0.3, 0.4) is 0 Å². The average molecular weight is 1070 g/mol. The van der Waals surface area contributed by atoms with Crippen molar-refractivity contribution < 1.29 is 68.4 Å². The molecule has 22 nitrogen and oxygen atoms in total. The van der Waals surface area contributed by atoms with Crippen LogP contribution in [0, 0.1) is 49.4 Å². The van der Waals surface area contributed by atoms with E-state index in [0.29, 0.717) is 22.3 Å². The van der Waals surface area contributed by atoms with Crippen LogP contribution in [0.2, 0.25) is 0 Å². The Hall–Kier alpha value is -9.94. The molecule has 0 spiro atoms. The first-order chi connectivity index (χ1) is 37.3. The Morgan fingerprint density at radius 1 is 0.329 bits per heavy atom. The number of aliphatic hydroxyl groups excluding tert-OH is 4. The van der Waals surface area contributed by atoms with Gasteiger partial charge >= 0.3 is 12.1 Å². The second kappa shape index (κ2) is 20.5. The monoisotopic (exact) mass is 1070 g/mol. The minimum atomic E-state index is -1.78. The Labute approximate surface area is 450 Å². The van der Waals surface area contributed by atoms with Crippen LogP contribution in [0.1, 0.15) is 113 Å². The molecule has 22 heteroatoms. The number of carbonyl (C=O) groups is 10. The molecule has 2 saturated heterocycles. The summed E-state index contributed by atoms with van der Waals surface area (Å²) in [4.78, 5) is 145. The molecule has 0 aliphatic carbocycles. The maximum absolute atomic E-state index is 15.1. The number of fused-ring (bicyclic) bond motifs is 5.